The normalized spacial score (nSPS) is 10.5. The van der Waals surface area contributed by atoms with Crippen LogP contribution in [0.3, 0.4) is 0 Å². The number of rotatable bonds is 2. The molecular weight excluding hydrogens is 201 g/mol. The van der Waals surface area contributed by atoms with Gasteiger partial charge in [-0.05, 0) is 17.6 Å². The highest BCUT2D eigenvalue weighted by atomic mass is 32.1. The SMILES string of the molecule is COc1cc(B(O)O)cc2ncsc12. The summed E-state index contributed by atoms with van der Waals surface area (Å²) in [6.45, 7) is 0. The Morgan fingerprint density at radius 3 is 2.86 bits per heavy atom. The Morgan fingerprint density at radius 2 is 2.21 bits per heavy atom. The highest BCUT2D eigenvalue weighted by Crippen LogP contribution is 2.27. The molecule has 0 atom stereocenters. The van der Waals surface area contributed by atoms with E-state index in [4.69, 9.17) is 14.8 Å². The summed E-state index contributed by atoms with van der Waals surface area (Å²) in [5, 5.41) is 18.0. The fourth-order valence-electron chi connectivity index (χ4n) is 1.26. The predicted molar refractivity (Wildman–Crippen MR) is 56.0 cm³/mol. The molecule has 0 aliphatic rings. The van der Waals surface area contributed by atoms with Crippen LogP contribution in [0.1, 0.15) is 0 Å². The molecule has 72 valence electrons. The first kappa shape index (κ1) is 9.45. The van der Waals surface area contributed by atoms with Gasteiger partial charge in [-0.2, -0.15) is 0 Å². The Kier molecular flexibility index (Phi) is 2.41. The van der Waals surface area contributed by atoms with Crippen molar-refractivity contribution in [2.75, 3.05) is 7.11 Å². The molecule has 0 fully saturated rings. The molecule has 0 spiro atoms. The van der Waals surface area contributed by atoms with Gasteiger partial charge < -0.3 is 14.8 Å². The molecule has 0 amide bonds. The summed E-state index contributed by atoms with van der Waals surface area (Å²) in [6.07, 6.45) is 0. The molecule has 1 aromatic heterocycles. The third-order valence-corrected chi connectivity index (χ3v) is 2.79. The number of hydrogen-bond donors (Lipinski definition) is 2. The van der Waals surface area contributed by atoms with Crippen LogP contribution >= 0.6 is 11.3 Å². The third-order valence-electron chi connectivity index (χ3n) is 1.94. The summed E-state index contributed by atoms with van der Waals surface area (Å²) in [4.78, 5) is 4.09. The standard InChI is InChI=1S/C8H8BNO3S/c1-13-7-3-5(9(11)12)2-6-8(7)14-4-10-6/h2-4,11-12H,1H3. The fourth-order valence-corrected chi connectivity index (χ4v) is 2.02. The van der Waals surface area contributed by atoms with Crippen molar-refractivity contribution in [3.05, 3.63) is 17.6 Å². The molecule has 6 heteroatoms. The maximum absolute atomic E-state index is 9.02. The monoisotopic (exact) mass is 209 g/mol. The van der Waals surface area contributed by atoms with Gasteiger partial charge >= 0.3 is 7.12 Å². The lowest BCUT2D eigenvalue weighted by Gasteiger charge is -2.04. The minimum absolute atomic E-state index is 0.389. The smallest absolute Gasteiger partial charge is 0.488 e. The maximum atomic E-state index is 9.02. The molecule has 2 N–H and O–H groups in total. The van der Waals surface area contributed by atoms with Gasteiger partial charge in [0, 0.05) is 0 Å². The number of nitrogens with zero attached hydrogens (tertiary/aromatic N) is 1. The molecule has 2 aromatic rings. The number of benzene rings is 1. The van der Waals surface area contributed by atoms with Crippen LogP contribution in [-0.2, 0) is 0 Å². The average Bonchev–Trinajstić information content (AvgIpc) is 2.63. The lowest BCUT2D eigenvalue weighted by molar-refractivity contribution is 0.416. The van der Waals surface area contributed by atoms with Crippen molar-refractivity contribution < 1.29 is 14.8 Å². The first-order chi connectivity index (χ1) is 6.72. The van der Waals surface area contributed by atoms with Gasteiger partial charge in [0.15, 0.2) is 0 Å². The van der Waals surface area contributed by atoms with Crippen LogP contribution in [0.4, 0.5) is 0 Å². The molecule has 2 rings (SSSR count). The molecular formula is C8H8BNO3S. The largest absolute Gasteiger partial charge is 0.495 e. The second kappa shape index (κ2) is 3.57. The van der Waals surface area contributed by atoms with E-state index in [1.807, 2.05) is 0 Å². The molecule has 1 heterocycles. The van der Waals surface area contributed by atoms with Crippen LogP contribution in [-0.4, -0.2) is 29.3 Å². The minimum Gasteiger partial charge on any atom is -0.495 e. The minimum atomic E-state index is -1.49. The Labute approximate surface area is 84.9 Å². The van der Waals surface area contributed by atoms with Gasteiger partial charge in [0.05, 0.1) is 22.8 Å². The van der Waals surface area contributed by atoms with Crippen LogP contribution in [0, 0.1) is 0 Å². The van der Waals surface area contributed by atoms with Crippen LogP contribution in [0.15, 0.2) is 17.6 Å². The zero-order valence-corrected chi connectivity index (χ0v) is 8.28. The van der Waals surface area contributed by atoms with Crippen molar-refractivity contribution in [2.45, 2.75) is 0 Å². The Balaban J connectivity index is 2.67. The number of thiazole rings is 1. The van der Waals surface area contributed by atoms with Crippen molar-refractivity contribution in [3.63, 3.8) is 0 Å². The summed E-state index contributed by atoms with van der Waals surface area (Å²) in [6, 6.07) is 3.24. The molecule has 4 nitrogen and oxygen atoms in total. The van der Waals surface area contributed by atoms with Crippen molar-refractivity contribution in [1.82, 2.24) is 4.98 Å². The second-order valence-electron chi connectivity index (χ2n) is 2.80. The van der Waals surface area contributed by atoms with Crippen LogP contribution in [0.5, 0.6) is 5.75 Å². The molecule has 0 saturated carbocycles. The number of aromatic nitrogens is 1. The fraction of sp³-hybridized carbons (Fsp3) is 0.125. The molecule has 14 heavy (non-hydrogen) atoms. The van der Waals surface area contributed by atoms with Crippen LogP contribution < -0.4 is 10.2 Å². The van der Waals surface area contributed by atoms with E-state index in [1.54, 1.807) is 24.8 Å². The first-order valence-corrected chi connectivity index (χ1v) is 4.87. The Morgan fingerprint density at radius 1 is 1.43 bits per heavy atom. The highest BCUT2D eigenvalue weighted by Gasteiger charge is 2.15. The molecule has 0 saturated heterocycles. The quantitative estimate of drug-likeness (QED) is 0.682. The maximum Gasteiger partial charge on any atom is 0.488 e. The summed E-state index contributed by atoms with van der Waals surface area (Å²) < 4.78 is 6.04. The number of methoxy groups -OCH3 is 1. The van der Waals surface area contributed by atoms with Gasteiger partial charge in [0.1, 0.15) is 5.75 Å². The van der Waals surface area contributed by atoms with E-state index >= 15 is 0 Å². The van der Waals surface area contributed by atoms with Gasteiger partial charge in [-0.1, -0.05) is 0 Å². The van der Waals surface area contributed by atoms with Gasteiger partial charge in [0.25, 0.3) is 0 Å². The summed E-state index contributed by atoms with van der Waals surface area (Å²) in [5.41, 5.74) is 2.80. The van der Waals surface area contributed by atoms with Gasteiger partial charge in [-0.3, -0.25) is 0 Å². The topological polar surface area (TPSA) is 62.6 Å². The number of fused-ring (bicyclic) bond motifs is 1. The van der Waals surface area contributed by atoms with Crippen molar-refractivity contribution in [2.24, 2.45) is 0 Å². The van der Waals surface area contributed by atoms with E-state index in [-0.39, 0.29) is 0 Å². The predicted octanol–water partition coefficient (Wildman–Crippen LogP) is -0.0153. The Hall–Kier alpha value is -1.11. The van der Waals surface area contributed by atoms with Crippen LogP contribution in [0.2, 0.25) is 0 Å². The van der Waals surface area contributed by atoms with E-state index in [0.29, 0.717) is 11.2 Å². The molecule has 0 aliphatic heterocycles. The summed E-state index contributed by atoms with van der Waals surface area (Å²) >= 11 is 1.46. The third kappa shape index (κ3) is 1.47. The van der Waals surface area contributed by atoms with Gasteiger partial charge in [-0.25, -0.2) is 4.98 Å². The zero-order chi connectivity index (χ0) is 10.1. The van der Waals surface area contributed by atoms with E-state index in [1.165, 1.54) is 11.3 Å². The molecule has 0 unspecified atom stereocenters. The van der Waals surface area contributed by atoms with Gasteiger partial charge in [-0.15, -0.1) is 11.3 Å². The average molecular weight is 209 g/mol. The number of hydrogen-bond acceptors (Lipinski definition) is 5. The molecule has 0 bridgehead atoms. The molecule has 1 aromatic carbocycles. The van der Waals surface area contributed by atoms with E-state index in [9.17, 15) is 0 Å². The summed E-state index contributed by atoms with van der Waals surface area (Å²) in [7, 11) is 0.0529. The van der Waals surface area contributed by atoms with Crippen molar-refractivity contribution in [3.8, 4) is 5.75 Å². The second-order valence-corrected chi connectivity index (χ2v) is 3.65. The first-order valence-electron chi connectivity index (χ1n) is 3.99. The van der Waals surface area contributed by atoms with Gasteiger partial charge in [0.2, 0.25) is 0 Å². The van der Waals surface area contributed by atoms with E-state index in [2.05, 4.69) is 4.98 Å². The zero-order valence-electron chi connectivity index (χ0n) is 7.47. The molecule has 0 radical (unpaired) electrons. The number of ether oxygens (including phenoxy) is 1. The highest BCUT2D eigenvalue weighted by molar-refractivity contribution is 7.17. The van der Waals surface area contributed by atoms with Crippen molar-refractivity contribution in [1.29, 1.82) is 0 Å². The lowest BCUT2D eigenvalue weighted by atomic mass is 9.80. The van der Waals surface area contributed by atoms with E-state index < -0.39 is 7.12 Å². The Bertz CT molecular complexity index is 457. The molecule has 0 aliphatic carbocycles. The van der Waals surface area contributed by atoms with E-state index in [0.717, 1.165) is 10.2 Å². The summed E-state index contributed by atoms with van der Waals surface area (Å²) in [5.74, 6) is 0.619. The van der Waals surface area contributed by atoms with Crippen LogP contribution in [0.25, 0.3) is 10.2 Å². The lowest BCUT2D eigenvalue weighted by Crippen LogP contribution is -2.29. The van der Waals surface area contributed by atoms with Crippen molar-refractivity contribution >= 4 is 34.1 Å².